The van der Waals surface area contributed by atoms with Crippen molar-refractivity contribution in [2.45, 2.75) is 45.9 Å². The molecule has 0 aliphatic heterocycles. The fraction of sp³-hybridized carbons (Fsp3) is 0.800. The first-order valence-electron chi connectivity index (χ1n) is 4.96. The van der Waals surface area contributed by atoms with Crippen molar-refractivity contribution in [3.63, 3.8) is 0 Å². The van der Waals surface area contributed by atoms with Crippen LogP contribution in [0.3, 0.4) is 0 Å². The van der Waals surface area contributed by atoms with Gasteiger partial charge in [-0.3, -0.25) is 5.32 Å². The quantitative estimate of drug-likeness (QED) is 0.630. The lowest BCUT2D eigenvalue weighted by Crippen LogP contribution is -2.58. The van der Waals surface area contributed by atoms with E-state index in [0.29, 0.717) is 0 Å². The van der Waals surface area contributed by atoms with Crippen LogP contribution in [0.2, 0.25) is 0 Å². The Morgan fingerprint density at radius 2 is 1.69 bits per heavy atom. The maximum Gasteiger partial charge on any atom is 0.410 e. The van der Waals surface area contributed by atoms with Crippen molar-refractivity contribution in [1.82, 2.24) is 5.32 Å². The molecular formula is C10H19NO5. The maximum absolute atomic E-state index is 11.3. The summed E-state index contributed by atoms with van der Waals surface area (Å²) < 4.78 is 4.86. The molecule has 0 saturated heterocycles. The van der Waals surface area contributed by atoms with E-state index in [4.69, 9.17) is 9.84 Å². The molecule has 0 aromatic heterocycles. The first-order valence-corrected chi connectivity index (χ1v) is 4.96. The van der Waals surface area contributed by atoms with Gasteiger partial charge in [-0.1, -0.05) is 13.8 Å². The van der Waals surface area contributed by atoms with Gasteiger partial charge in [0, 0.05) is 5.92 Å². The molecule has 0 saturated carbocycles. The zero-order chi connectivity index (χ0) is 13.1. The number of amides is 1. The van der Waals surface area contributed by atoms with Crippen LogP contribution in [-0.2, 0) is 9.53 Å². The third-order valence-electron chi connectivity index (χ3n) is 1.85. The molecule has 1 amide bonds. The van der Waals surface area contributed by atoms with Crippen molar-refractivity contribution in [2.75, 3.05) is 0 Å². The molecular weight excluding hydrogens is 214 g/mol. The zero-order valence-electron chi connectivity index (χ0n) is 10.2. The van der Waals surface area contributed by atoms with E-state index in [-0.39, 0.29) is 0 Å². The van der Waals surface area contributed by atoms with Crippen molar-refractivity contribution in [1.29, 1.82) is 0 Å². The fourth-order valence-electron chi connectivity index (χ4n) is 0.904. The van der Waals surface area contributed by atoms with Gasteiger partial charge in [0.25, 0.3) is 0 Å². The molecule has 6 heteroatoms. The van der Waals surface area contributed by atoms with Gasteiger partial charge in [-0.2, -0.15) is 0 Å². The van der Waals surface area contributed by atoms with E-state index in [0.717, 1.165) is 0 Å². The molecule has 0 bridgehead atoms. The zero-order valence-corrected chi connectivity index (χ0v) is 10.2. The van der Waals surface area contributed by atoms with Crippen LogP contribution < -0.4 is 5.32 Å². The molecule has 0 heterocycles. The molecule has 1 unspecified atom stereocenters. The standard InChI is InChI=1S/C10H19NO5/c1-6(2)10(15,7(12)13)11-8(14)16-9(3,4)5/h6,15H,1-5H3,(H,11,14)(H,12,13). The molecule has 0 aliphatic rings. The summed E-state index contributed by atoms with van der Waals surface area (Å²) in [6, 6.07) is 0. The Bertz CT molecular complexity index is 281. The third-order valence-corrected chi connectivity index (χ3v) is 1.85. The average molecular weight is 233 g/mol. The van der Waals surface area contributed by atoms with Gasteiger partial charge in [-0.25, -0.2) is 9.59 Å². The summed E-state index contributed by atoms with van der Waals surface area (Å²) in [7, 11) is 0. The number of ether oxygens (including phenoxy) is 1. The monoisotopic (exact) mass is 233 g/mol. The van der Waals surface area contributed by atoms with Gasteiger partial charge in [0.1, 0.15) is 5.60 Å². The molecule has 0 aromatic carbocycles. The molecule has 0 spiro atoms. The number of hydrogen-bond donors (Lipinski definition) is 3. The summed E-state index contributed by atoms with van der Waals surface area (Å²) in [5.41, 5.74) is -3.07. The van der Waals surface area contributed by atoms with Gasteiger partial charge in [0.2, 0.25) is 5.72 Å². The smallest absolute Gasteiger partial charge is 0.410 e. The van der Waals surface area contributed by atoms with Gasteiger partial charge in [0.15, 0.2) is 0 Å². The Morgan fingerprint density at radius 3 is 1.94 bits per heavy atom. The summed E-state index contributed by atoms with van der Waals surface area (Å²) in [4.78, 5) is 22.2. The number of nitrogens with one attached hydrogen (secondary N) is 1. The second-order valence-corrected chi connectivity index (χ2v) is 4.85. The summed E-state index contributed by atoms with van der Waals surface area (Å²) in [6.45, 7) is 7.88. The van der Waals surface area contributed by atoms with E-state index in [2.05, 4.69) is 0 Å². The van der Waals surface area contributed by atoms with E-state index >= 15 is 0 Å². The summed E-state index contributed by atoms with van der Waals surface area (Å²) in [5.74, 6) is -2.20. The van der Waals surface area contributed by atoms with Gasteiger partial charge >= 0.3 is 12.1 Å². The van der Waals surface area contributed by atoms with Gasteiger partial charge in [-0.05, 0) is 20.8 Å². The largest absolute Gasteiger partial charge is 0.478 e. The highest BCUT2D eigenvalue weighted by atomic mass is 16.6. The van der Waals surface area contributed by atoms with Crippen molar-refractivity contribution in [3.05, 3.63) is 0 Å². The summed E-state index contributed by atoms with van der Waals surface area (Å²) >= 11 is 0. The molecule has 94 valence electrons. The van der Waals surface area contributed by atoms with Crippen LogP contribution in [0.1, 0.15) is 34.6 Å². The van der Waals surface area contributed by atoms with Crippen LogP contribution in [0.4, 0.5) is 4.79 Å². The summed E-state index contributed by atoms with van der Waals surface area (Å²) in [6.07, 6.45) is -0.967. The first-order chi connectivity index (χ1) is 6.99. The van der Waals surface area contributed by atoms with Crippen LogP contribution >= 0.6 is 0 Å². The lowest BCUT2D eigenvalue weighted by atomic mass is 10.0. The number of aliphatic hydroxyl groups is 1. The minimum absolute atomic E-state index is 0.683. The van der Waals surface area contributed by atoms with E-state index in [1.165, 1.54) is 13.8 Å². The van der Waals surface area contributed by atoms with Crippen LogP contribution in [0, 0.1) is 5.92 Å². The molecule has 0 aromatic rings. The predicted molar refractivity (Wildman–Crippen MR) is 56.8 cm³/mol. The van der Waals surface area contributed by atoms with E-state index in [9.17, 15) is 14.7 Å². The second-order valence-electron chi connectivity index (χ2n) is 4.85. The van der Waals surface area contributed by atoms with Crippen molar-refractivity contribution < 1.29 is 24.5 Å². The Morgan fingerprint density at radius 1 is 1.25 bits per heavy atom. The minimum atomic E-state index is -2.32. The highest BCUT2D eigenvalue weighted by Crippen LogP contribution is 2.15. The highest BCUT2D eigenvalue weighted by Gasteiger charge is 2.42. The maximum atomic E-state index is 11.3. The van der Waals surface area contributed by atoms with Gasteiger partial charge in [0.05, 0.1) is 0 Å². The number of hydrogen-bond acceptors (Lipinski definition) is 4. The number of carboxylic acids is 1. The lowest BCUT2D eigenvalue weighted by molar-refractivity contribution is -0.167. The van der Waals surface area contributed by atoms with Gasteiger partial charge in [-0.15, -0.1) is 0 Å². The number of carbonyl (C=O) groups is 2. The second kappa shape index (κ2) is 4.69. The third kappa shape index (κ3) is 4.06. The molecule has 0 radical (unpaired) electrons. The topological polar surface area (TPSA) is 95.9 Å². The Labute approximate surface area is 94.6 Å². The Balaban J connectivity index is 4.68. The molecule has 0 fully saturated rings. The Hall–Kier alpha value is -1.30. The minimum Gasteiger partial charge on any atom is -0.478 e. The van der Waals surface area contributed by atoms with E-state index in [1.807, 2.05) is 5.32 Å². The van der Waals surface area contributed by atoms with Crippen molar-refractivity contribution in [3.8, 4) is 0 Å². The molecule has 1 atom stereocenters. The molecule has 6 nitrogen and oxygen atoms in total. The van der Waals surface area contributed by atoms with Crippen LogP contribution in [0.25, 0.3) is 0 Å². The van der Waals surface area contributed by atoms with Crippen molar-refractivity contribution in [2.24, 2.45) is 5.92 Å². The lowest BCUT2D eigenvalue weighted by Gasteiger charge is -2.29. The van der Waals surface area contributed by atoms with Crippen LogP contribution in [0.15, 0.2) is 0 Å². The van der Waals surface area contributed by atoms with Crippen LogP contribution in [-0.4, -0.2) is 33.6 Å². The average Bonchev–Trinajstić information content (AvgIpc) is 1.98. The molecule has 16 heavy (non-hydrogen) atoms. The number of rotatable bonds is 3. The molecule has 0 aliphatic carbocycles. The highest BCUT2D eigenvalue weighted by molar-refractivity contribution is 5.82. The SMILES string of the molecule is CC(C)C(O)(NC(=O)OC(C)(C)C)C(=O)O. The fourth-order valence-corrected chi connectivity index (χ4v) is 0.904. The normalized spacial score (nSPS) is 15.4. The van der Waals surface area contributed by atoms with Crippen LogP contribution in [0.5, 0.6) is 0 Å². The number of carbonyl (C=O) groups excluding carboxylic acids is 1. The Kier molecular flexibility index (Phi) is 4.31. The first kappa shape index (κ1) is 14.7. The number of alkyl carbamates (subject to hydrolysis) is 1. The predicted octanol–water partition coefficient (Wildman–Crippen LogP) is 0.940. The molecule has 0 rings (SSSR count). The van der Waals surface area contributed by atoms with E-state index < -0.39 is 29.3 Å². The van der Waals surface area contributed by atoms with Gasteiger partial charge < -0.3 is 14.9 Å². The van der Waals surface area contributed by atoms with Crippen molar-refractivity contribution >= 4 is 12.1 Å². The van der Waals surface area contributed by atoms with E-state index in [1.54, 1.807) is 20.8 Å². The molecule has 3 N–H and O–H groups in total. The number of carboxylic acid groups (broad SMARTS) is 1. The summed E-state index contributed by atoms with van der Waals surface area (Å²) in [5, 5.41) is 20.5. The number of aliphatic carboxylic acids is 1.